The molecule has 0 radical (unpaired) electrons. The number of rotatable bonds is 3. The first-order valence-electron chi connectivity index (χ1n) is 7.13. The minimum Gasteiger partial charge on any atom is -0.339 e. The normalized spacial score (nSPS) is 22.1. The van der Waals surface area contributed by atoms with Gasteiger partial charge in [0.2, 0.25) is 5.91 Å². The Morgan fingerprint density at radius 1 is 1.29 bits per heavy atom. The Kier molecular flexibility index (Phi) is 4.64. The number of hydrogen-bond acceptors (Lipinski definition) is 2. The lowest BCUT2D eigenvalue weighted by Gasteiger charge is -2.32. The van der Waals surface area contributed by atoms with Gasteiger partial charge in [0.15, 0.2) is 0 Å². The van der Waals surface area contributed by atoms with Crippen LogP contribution in [0.3, 0.4) is 0 Å². The van der Waals surface area contributed by atoms with Crippen molar-refractivity contribution in [2.45, 2.75) is 32.2 Å². The van der Waals surface area contributed by atoms with Gasteiger partial charge < -0.3 is 10.2 Å². The largest absolute Gasteiger partial charge is 0.339 e. The molecule has 4 nitrogen and oxygen atoms in total. The van der Waals surface area contributed by atoms with Crippen molar-refractivity contribution in [3.63, 3.8) is 0 Å². The third-order valence-electron chi connectivity index (χ3n) is 3.75. The van der Waals surface area contributed by atoms with Crippen molar-refractivity contribution in [3.05, 3.63) is 35.9 Å². The summed E-state index contributed by atoms with van der Waals surface area (Å²) in [6.45, 7) is 4.55. The molecule has 0 spiro atoms. The van der Waals surface area contributed by atoms with Crippen molar-refractivity contribution in [1.82, 2.24) is 10.2 Å². The second-order valence-electron chi connectivity index (χ2n) is 5.26. The van der Waals surface area contributed by atoms with Crippen molar-refractivity contribution in [3.8, 4) is 11.8 Å². The first-order chi connectivity index (χ1) is 10.1. The average molecular weight is 284 g/mol. The van der Waals surface area contributed by atoms with Gasteiger partial charge in [-0.1, -0.05) is 30.3 Å². The predicted molar refractivity (Wildman–Crippen MR) is 81.2 cm³/mol. The maximum absolute atomic E-state index is 12.9. The summed E-state index contributed by atoms with van der Waals surface area (Å²) in [7, 11) is 0. The number of carbonyl (C=O) groups is 2. The third-order valence-corrected chi connectivity index (χ3v) is 3.75. The molecule has 1 aromatic rings. The van der Waals surface area contributed by atoms with Gasteiger partial charge in [0.05, 0.1) is 0 Å². The predicted octanol–water partition coefficient (Wildman–Crippen LogP) is 1.66. The van der Waals surface area contributed by atoms with Crippen molar-refractivity contribution >= 4 is 11.8 Å². The minimum absolute atomic E-state index is 0.0718. The van der Waals surface area contributed by atoms with Gasteiger partial charge in [-0.25, -0.2) is 0 Å². The molecule has 0 bridgehead atoms. The van der Waals surface area contributed by atoms with E-state index in [1.165, 1.54) is 0 Å². The molecule has 21 heavy (non-hydrogen) atoms. The van der Waals surface area contributed by atoms with E-state index in [0.29, 0.717) is 25.9 Å². The van der Waals surface area contributed by atoms with Crippen LogP contribution in [-0.4, -0.2) is 29.8 Å². The van der Waals surface area contributed by atoms with Crippen LogP contribution in [0.2, 0.25) is 0 Å². The summed E-state index contributed by atoms with van der Waals surface area (Å²) in [5, 5.41) is 2.88. The van der Waals surface area contributed by atoms with Crippen molar-refractivity contribution in [2.75, 3.05) is 13.1 Å². The van der Waals surface area contributed by atoms with Crippen LogP contribution in [0.4, 0.5) is 0 Å². The Morgan fingerprint density at radius 3 is 2.67 bits per heavy atom. The van der Waals surface area contributed by atoms with E-state index in [4.69, 9.17) is 0 Å². The van der Waals surface area contributed by atoms with Crippen LogP contribution in [-0.2, 0) is 15.1 Å². The zero-order valence-corrected chi connectivity index (χ0v) is 12.5. The van der Waals surface area contributed by atoms with Gasteiger partial charge in [0.25, 0.3) is 5.91 Å². The zero-order chi connectivity index (χ0) is 15.3. The summed E-state index contributed by atoms with van der Waals surface area (Å²) in [5.41, 5.74) is -0.203. The summed E-state index contributed by atoms with van der Waals surface area (Å²) >= 11 is 0. The summed E-state index contributed by atoms with van der Waals surface area (Å²) in [4.78, 5) is 26.6. The lowest BCUT2D eigenvalue weighted by atomic mass is 9.90. The summed E-state index contributed by atoms with van der Waals surface area (Å²) in [6.07, 6.45) is 0.953. The molecule has 1 N–H and O–H groups in total. The van der Waals surface area contributed by atoms with Crippen LogP contribution in [0.1, 0.15) is 32.3 Å². The Morgan fingerprint density at radius 2 is 2.00 bits per heavy atom. The van der Waals surface area contributed by atoms with Crippen LogP contribution in [0.15, 0.2) is 30.3 Å². The fraction of sp³-hybridized carbons (Fsp3) is 0.412. The molecule has 1 saturated heterocycles. The SMILES string of the molecule is CC#CCCN1CCC(=O)NC(C)(c2ccccc2)C1=O. The number of nitrogens with one attached hydrogen (secondary N) is 1. The van der Waals surface area contributed by atoms with E-state index in [-0.39, 0.29) is 11.8 Å². The molecule has 4 heteroatoms. The highest BCUT2D eigenvalue weighted by Gasteiger charge is 2.41. The first kappa shape index (κ1) is 15.1. The Bertz CT molecular complexity index is 586. The third kappa shape index (κ3) is 3.25. The number of amides is 2. The van der Waals surface area contributed by atoms with E-state index < -0.39 is 5.54 Å². The molecule has 1 aliphatic rings. The van der Waals surface area contributed by atoms with E-state index in [0.717, 1.165) is 5.56 Å². The molecule has 0 saturated carbocycles. The maximum atomic E-state index is 12.9. The fourth-order valence-electron chi connectivity index (χ4n) is 2.55. The van der Waals surface area contributed by atoms with Gasteiger partial charge >= 0.3 is 0 Å². The van der Waals surface area contributed by atoms with Gasteiger partial charge in [-0.3, -0.25) is 9.59 Å². The van der Waals surface area contributed by atoms with E-state index in [2.05, 4.69) is 17.2 Å². The molecule has 2 rings (SSSR count). The van der Waals surface area contributed by atoms with E-state index in [1.54, 1.807) is 18.7 Å². The molecule has 1 aromatic carbocycles. The molecule has 1 heterocycles. The van der Waals surface area contributed by atoms with E-state index >= 15 is 0 Å². The summed E-state index contributed by atoms with van der Waals surface area (Å²) in [6, 6.07) is 9.38. The van der Waals surface area contributed by atoms with Crippen molar-refractivity contribution in [2.24, 2.45) is 0 Å². The van der Waals surface area contributed by atoms with Gasteiger partial charge in [-0.2, -0.15) is 0 Å². The molecule has 1 unspecified atom stereocenters. The molecule has 1 fully saturated rings. The van der Waals surface area contributed by atoms with Gasteiger partial charge in [-0.15, -0.1) is 11.8 Å². The van der Waals surface area contributed by atoms with E-state index in [1.807, 2.05) is 30.3 Å². The number of hydrogen-bond donors (Lipinski definition) is 1. The molecule has 1 aliphatic heterocycles. The number of carbonyl (C=O) groups excluding carboxylic acids is 2. The second kappa shape index (κ2) is 6.45. The lowest BCUT2D eigenvalue weighted by molar-refractivity contribution is -0.138. The van der Waals surface area contributed by atoms with Crippen molar-refractivity contribution < 1.29 is 9.59 Å². The van der Waals surface area contributed by atoms with Gasteiger partial charge in [0, 0.05) is 25.9 Å². The van der Waals surface area contributed by atoms with Crippen LogP contribution < -0.4 is 5.32 Å². The molecule has 110 valence electrons. The summed E-state index contributed by atoms with van der Waals surface area (Å²) in [5.74, 6) is 5.62. The average Bonchev–Trinajstić information content (AvgIpc) is 2.60. The van der Waals surface area contributed by atoms with E-state index in [9.17, 15) is 9.59 Å². The molecular weight excluding hydrogens is 264 g/mol. The zero-order valence-electron chi connectivity index (χ0n) is 12.5. The van der Waals surface area contributed by atoms with Crippen LogP contribution in [0, 0.1) is 11.8 Å². The first-order valence-corrected chi connectivity index (χ1v) is 7.13. The summed E-state index contributed by atoms with van der Waals surface area (Å²) < 4.78 is 0. The molecular formula is C17H20N2O2. The smallest absolute Gasteiger partial charge is 0.252 e. The molecule has 0 aromatic heterocycles. The Hall–Kier alpha value is -2.28. The Balaban J connectivity index is 2.30. The fourth-order valence-corrected chi connectivity index (χ4v) is 2.55. The highest BCUT2D eigenvalue weighted by Crippen LogP contribution is 2.25. The Labute approximate surface area is 125 Å². The highest BCUT2D eigenvalue weighted by atomic mass is 16.2. The number of nitrogens with zero attached hydrogens (tertiary/aromatic N) is 1. The monoisotopic (exact) mass is 284 g/mol. The second-order valence-corrected chi connectivity index (χ2v) is 5.26. The van der Waals surface area contributed by atoms with Gasteiger partial charge in [-0.05, 0) is 19.4 Å². The topological polar surface area (TPSA) is 49.4 Å². The van der Waals surface area contributed by atoms with Crippen LogP contribution in [0.5, 0.6) is 0 Å². The molecule has 1 atom stereocenters. The molecule has 0 aliphatic carbocycles. The number of benzene rings is 1. The van der Waals surface area contributed by atoms with Gasteiger partial charge in [0.1, 0.15) is 5.54 Å². The maximum Gasteiger partial charge on any atom is 0.252 e. The van der Waals surface area contributed by atoms with Crippen LogP contribution >= 0.6 is 0 Å². The van der Waals surface area contributed by atoms with Crippen LogP contribution in [0.25, 0.3) is 0 Å². The lowest BCUT2D eigenvalue weighted by Crippen LogP contribution is -2.52. The van der Waals surface area contributed by atoms with Crippen molar-refractivity contribution in [1.29, 1.82) is 0 Å². The quantitative estimate of drug-likeness (QED) is 0.858. The standard InChI is InChI=1S/C17H20N2O2/c1-3-4-8-12-19-13-11-15(20)18-17(2,16(19)21)14-9-6-5-7-10-14/h5-7,9-10H,8,11-13H2,1-2H3,(H,18,20). The highest BCUT2D eigenvalue weighted by molar-refractivity contribution is 5.94. The minimum atomic E-state index is -1.01. The molecule has 2 amide bonds.